The molecule has 2 aliphatic rings. The van der Waals surface area contributed by atoms with Crippen LogP contribution in [-0.4, -0.2) is 126 Å². The molecule has 0 fully saturated rings. The quantitative estimate of drug-likeness (QED) is 0.0293. The lowest BCUT2D eigenvalue weighted by atomic mass is 9.95. The molecule has 0 spiro atoms. The van der Waals surface area contributed by atoms with E-state index in [1.807, 2.05) is 78.9 Å². The Morgan fingerprint density at radius 2 is 0.949 bits per heavy atom. The number of imidazole rings is 3. The number of amides is 9. The standard InChI is InChI=1S/C70H71Cl2N15O12/c1-39(88)75-44-18-20-46-48(24-44)52(97-37-40-14-10-8-11-15-40)26-50-61(46)42(28-71)32-86(50)60(92)31-73-59(91)30-74-66(93)63-79-55(35-83(63)5)81-68(95)65-80-56(36-85(65)7)82-67(94)64-78-54(34-84(64)6)77-58(90)23-22-57(89)76-45-19-21-47-49(25-45)53(98-38-41-16-12-9-13-17-41)27-51-62(47)43(29-72)33-87(51)69(96)99-70(2,3)4/h8-21,24-27,34-36,42-43H,22-23,28-33,37-38H2,1-7H3,(H,73,91)(H,74,93)(H,75,88)(H,76,89)(H,77,90)(H,81,95)(H,82,94). The highest BCUT2D eigenvalue weighted by atomic mass is 35.5. The normalized spacial score (nSPS) is 13.9. The van der Waals surface area contributed by atoms with E-state index in [0.717, 1.165) is 33.0 Å². The molecule has 0 radical (unpaired) electrons. The van der Waals surface area contributed by atoms with Gasteiger partial charge in [-0.2, -0.15) is 0 Å². The average Bonchev–Trinajstić information content (AvgIpc) is 1.66. The molecule has 0 bridgehead atoms. The molecule has 0 saturated heterocycles. The summed E-state index contributed by atoms with van der Waals surface area (Å²) in [4.78, 5) is 135. The van der Waals surface area contributed by atoms with Gasteiger partial charge in [0.1, 0.15) is 30.3 Å². The van der Waals surface area contributed by atoms with Crippen LogP contribution < -0.4 is 56.5 Å². The summed E-state index contributed by atoms with van der Waals surface area (Å²) in [5.74, 6) is -4.23. The molecule has 2 atom stereocenters. The third kappa shape index (κ3) is 16.1. The second kappa shape index (κ2) is 29.6. The Hall–Kier alpha value is -11.3. The van der Waals surface area contributed by atoms with Crippen molar-refractivity contribution in [3.63, 3.8) is 0 Å². The van der Waals surface area contributed by atoms with E-state index in [1.54, 1.807) is 60.9 Å². The molecule has 0 saturated carbocycles. The van der Waals surface area contributed by atoms with E-state index in [-0.39, 0.29) is 97.0 Å². The van der Waals surface area contributed by atoms with Gasteiger partial charge in [0.05, 0.1) is 24.5 Å². The minimum Gasteiger partial charge on any atom is -0.488 e. The highest BCUT2D eigenvalue weighted by Crippen LogP contribution is 2.48. The predicted octanol–water partition coefficient (Wildman–Crippen LogP) is 9.46. The van der Waals surface area contributed by atoms with Crippen LogP contribution in [0.2, 0.25) is 0 Å². The van der Waals surface area contributed by atoms with Gasteiger partial charge in [0.2, 0.25) is 47.0 Å². The number of alkyl halides is 2. The molecule has 5 heterocycles. The summed E-state index contributed by atoms with van der Waals surface area (Å²) in [6, 6.07) is 33.5. The maximum atomic E-state index is 13.9. The largest absolute Gasteiger partial charge is 0.488 e. The number of hydrogen-bond donors (Lipinski definition) is 7. The Balaban J connectivity index is 0.655. The number of carbonyl (C=O) groups excluding carboxylic acids is 9. The maximum absolute atomic E-state index is 13.9. The molecule has 9 aromatic rings. The molecule has 7 N–H and O–H groups in total. The Morgan fingerprint density at radius 1 is 0.505 bits per heavy atom. The molecule has 2 unspecified atom stereocenters. The van der Waals surface area contributed by atoms with E-state index >= 15 is 0 Å². The van der Waals surface area contributed by atoms with E-state index in [4.69, 9.17) is 37.4 Å². The van der Waals surface area contributed by atoms with Crippen molar-refractivity contribution in [2.75, 3.05) is 74.3 Å². The molecular weight excluding hydrogens is 1310 g/mol. The first-order chi connectivity index (χ1) is 47.4. The molecule has 99 heavy (non-hydrogen) atoms. The fourth-order valence-corrected chi connectivity index (χ4v) is 12.3. The first kappa shape index (κ1) is 69.0. The lowest BCUT2D eigenvalue weighted by Crippen LogP contribution is -2.43. The van der Waals surface area contributed by atoms with Crippen LogP contribution in [0.25, 0.3) is 21.5 Å². The van der Waals surface area contributed by atoms with Gasteiger partial charge in [0.25, 0.3) is 17.7 Å². The van der Waals surface area contributed by atoms with Crippen LogP contribution in [-0.2, 0) is 63.1 Å². The molecule has 11 rings (SSSR count). The Morgan fingerprint density at radius 3 is 1.42 bits per heavy atom. The molecule has 3 aromatic heterocycles. The van der Waals surface area contributed by atoms with Crippen molar-refractivity contribution in [2.45, 2.75) is 71.2 Å². The summed E-state index contributed by atoms with van der Waals surface area (Å²) in [5.41, 5.74) is 4.96. The Bertz CT molecular complexity index is 4660. The maximum Gasteiger partial charge on any atom is 0.414 e. The number of carbonyl (C=O) groups is 9. The van der Waals surface area contributed by atoms with Crippen molar-refractivity contribution >= 4 is 138 Å². The van der Waals surface area contributed by atoms with Gasteiger partial charge in [-0.15, -0.1) is 23.2 Å². The summed E-state index contributed by atoms with van der Waals surface area (Å²) in [6.45, 7) is 6.86. The van der Waals surface area contributed by atoms with Gasteiger partial charge < -0.3 is 70.0 Å². The number of nitrogens with one attached hydrogen (secondary N) is 7. The number of anilines is 7. The van der Waals surface area contributed by atoms with Gasteiger partial charge >= 0.3 is 6.09 Å². The zero-order chi connectivity index (χ0) is 70.4. The number of ether oxygens (including phenoxy) is 3. The first-order valence-electron chi connectivity index (χ1n) is 31.5. The van der Waals surface area contributed by atoms with Crippen molar-refractivity contribution in [3.8, 4) is 11.5 Å². The van der Waals surface area contributed by atoms with Crippen LogP contribution in [0, 0.1) is 0 Å². The number of benzene rings is 6. The third-order valence-corrected chi connectivity index (χ3v) is 17.0. The summed E-state index contributed by atoms with van der Waals surface area (Å²) in [5, 5.41) is 21.5. The summed E-state index contributed by atoms with van der Waals surface area (Å²) in [7, 11) is 4.55. The molecular formula is C70H71Cl2N15O12. The van der Waals surface area contributed by atoms with Gasteiger partial charge in [-0.25, -0.2) is 19.7 Å². The zero-order valence-electron chi connectivity index (χ0n) is 55.1. The fraction of sp³-hybridized carbons (Fsp3) is 0.286. The van der Waals surface area contributed by atoms with E-state index in [0.29, 0.717) is 51.6 Å². The van der Waals surface area contributed by atoms with Crippen LogP contribution in [0.5, 0.6) is 11.5 Å². The molecule has 2 aliphatic heterocycles. The number of rotatable bonds is 23. The van der Waals surface area contributed by atoms with E-state index in [1.165, 1.54) is 60.4 Å². The minimum atomic E-state index is -0.766. The van der Waals surface area contributed by atoms with Crippen molar-refractivity contribution in [1.82, 2.24) is 39.3 Å². The monoisotopic (exact) mass is 1380 g/mol. The average molecular weight is 1390 g/mol. The van der Waals surface area contributed by atoms with Gasteiger partial charge in [-0.05, 0) is 78.1 Å². The van der Waals surface area contributed by atoms with Crippen LogP contribution in [0.4, 0.5) is 45.0 Å². The van der Waals surface area contributed by atoms with E-state index in [9.17, 15) is 43.2 Å². The van der Waals surface area contributed by atoms with Crippen molar-refractivity contribution in [1.29, 1.82) is 0 Å². The van der Waals surface area contributed by atoms with Crippen molar-refractivity contribution < 1.29 is 57.4 Å². The zero-order valence-corrected chi connectivity index (χ0v) is 56.6. The highest BCUT2D eigenvalue weighted by Gasteiger charge is 2.38. The molecule has 512 valence electrons. The third-order valence-electron chi connectivity index (χ3n) is 16.2. The summed E-state index contributed by atoms with van der Waals surface area (Å²) < 4.78 is 22.6. The summed E-state index contributed by atoms with van der Waals surface area (Å²) >= 11 is 13.0. The Labute approximate surface area is 577 Å². The van der Waals surface area contributed by atoms with Crippen LogP contribution in [0.15, 0.2) is 128 Å². The predicted molar refractivity (Wildman–Crippen MR) is 374 cm³/mol. The second-order valence-electron chi connectivity index (χ2n) is 24.8. The molecule has 29 heteroatoms. The topological polar surface area (TPSA) is 325 Å². The lowest BCUT2D eigenvalue weighted by Gasteiger charge is -2.25. The van der Waals surface area contributed by atoms with Crippen LogP contribution >= 0.6 is 23.2 Å². The smallest absolute Gasteiger partial charge is 0.414 e. The lowest BCUT2D eigenvalue weighted by molar-refractivity contribution is -0.124. The van der Waals surface area contributed by atoms with E-state index < -0.39 is 66.1 Å². The van der Waals surface area contributed by atoms with Gasteiger partial charge in [0.15, 0.2) is 17.5 Å². The molecule has 0 aliphatic carbocycles. The first-order valence-corrected chi connectivity index (χ1v) is 32.6. The van der Waals surface area contributed by atoms with E-state index in [2.05, 4.69) is 52.2 Å². The van der Waals surface area contributed by atoms with Gasteiger partial charge in [-0.1, -0.05) is 72.8 Å². The number of fused-ring (bicyclic) bond motifs is 6. The molecule has 9 amide bonds. The molecule has 6 aromatic carbocycles. The summed E-state index contributed by atoms with van der Waals surface area (Å²) in [6.07, 6.45) is 3.21. The Kier molecular flexibility index (Phi) is 20.6. The van der Waals surface area contributed by atoms with Gasteiger partial charge in [0, 0.05) is 130 Å². The van der Waals surface area contributed by atoms with Crippen molar-refractivity contribution in [3.05, 3.63) is 168 Å². The SMILES string of the molecule is CC(=O)Nc1ccc2c3c(cc(OCc4ccccc4)c2c1)N(C(=O)CNC(=O)CNC(=O)c1nc(NC(=O)c2nc(NC(=O)c4nc(NC(=O)CCC(=O)Nc5ccc6c7c(cc(OCc8ccccc8)c6c5)N(C(=O)OC(C)(C)C)CC7CCl)cn4C)cn2C)cn1C)CC3CCl. The van der Waals surface area contributed by atoms with Crippen molar-refractivity contribution in [2.24, 2.45) is 21.1 Å². The highest BCUT2D eigenvalue weighted by molar-refractivity contribution is 6.20. The second-order valence-corrected chi connectivity index (χ2v) is 25.4. The van der Waals surface area contributed by atoms with Crippen LogP contribution in [0.3, 0.4) is 0 Å². The van der Waals surface area contributed by atoms with Crippen LogP contribution in [0.1, 0.15) is 106 Å². The number of hydrogen-bond acceptors (Lipinski definition) is 15. The number of aryl methyl sites for hydroxylation is 3. The molecule has 27 nitrogen and oxygen atoms in total. The number of halogens is 2. The number of aromatic nitrogens is 6. The van der Waals surface area contributed by atoms with Gasteiger partial charge in [-0.3, -0.25) is 43.3 Å². The minimum absolute atomic E-state index is 0.0281. The fourth-order valence-electron chi connectivity index (χ4n) is 11.8. The number of nitrogens with zero attached hydrogens (tertiary/aromatic N) is 8.